The molecule has 3 aromatic rings. The van der Waals surface area contributed by atoms with Gasteiger partial charge in [-0.05, 0) is 12.1 Å². The van der Waals surface area contributed by atoms with Crippen LogP contribution in [0.2, 0.25) is 0 Å². The highest BCUT2D eigenvalue weighted by atomic mass is 16.6. The minimum absolute atomic E-state index is 0.128. The number of fused-ring (bicyclic) bond motifs is 1. The molecule has 0 bridgehead atoms. The second-order valence-corrected chi connectivity index (χ2v) is 5.85. The van der Waals surface area contributed by atoms with Crippen molar-refractivity contribution in [1.29, 1.82) is 0 Å². The van der Waals surface area contributed by atoms with Crippen molar-refractivity contribution in [2.24, 2.45) is 5.10 Å². The Labute approximate surface area is 151 Å². The van der Waals surface area contributed by atoms with Crippen molar-refractivity contribution in [3.05, 3.63) is 30.5 Å². The van der Waals surface area contributed by atoms with Crippen LogP contribution in [0.15, 0.2) is 34.2 Å². The van der Waals surface area contributed by atoms with E-state index in [1.165, 1.54) is 23.4 Å². The van der Waals surface area contributed by atoms with E-state index in [2.05, 4.69) is 25.5 Å². The number of nitrogens with zero attached hydrogens (tertiary/aromatic N) is 5. The molecule has 142 valence electrons. The molecule has 4 atom stereocenters. The van der Waals surface area contributed by atoms with E-state index in [0.29, 0.717) is 5.76 Å². The first kappa shape index (κ1) is 17.4. The number of anilines is 2. The van der Waals surface area contributed by atoms with Crippen LogP contribution in [0.3, 0.4) is 0 Å². The highest BCUT2D eigenvalue weighted by Gasteiger charge is 2.45. The third-order valence-corrected chi connectivity index (χ3v) is 4.18. The number of aliphatic hydroxyl groups excluding tert-OH is 3. The van der Waals surface area contributed by atoms with E-state index in [-0.39, 0.29) is 22.9 Å². The average molecular weight is 375 g/mol. The predicted octanol–water partition coefficient (Wildman–Crippen LogP) is -0.941. The summed E-state index contributed by atoms with van der Waals surface area (Å²) in [6, 6.07) is 3.43. The molecular formula is C15H17N7O5. The maximum atomic E-state index is 10.4. The van der Waals surface area contributed by atoms with Gasteiger partial charge >= 0.3 is 0 Å². The number of ether oxygens (including phenoxy) is 1. The van der Waals surface area contributed by atoms with Crippen molar-refractivity contribution in [2.45, 2.75) is 24.5 Å². The van der Waals surface area contributed by atoms with E-state index in [9.17, 15) is 15.3 Å². The first-order valence-electron chi connectivity index (χ1n) is 8.03. The molecule has 12 heteroatoms. The molecule has 3 aromatic heterocycles. The molecule has 0 saturated carbocycles. The fourth-order valence-corrected chi connectivity index (χ4v) is 2.86. The monoisotopic (exact) mass is 375 g/mol. The summed E-state index contributed by atoms with van der Waals surface area (Å²) in [5, 5.41) is 33.8. The number of rotatable bonds is 5. The predicted molar refractivity (Wildman–Crippen MR) is 92.7 cm³/mol. The van der Waals surface area contributed by atoms with Crippen molar-refractivity contribution in [3.8, 4) is 0 Å². The summed E-state index contributed by atoms with van der Waals surface area (Å²) in [6.07, 6.45) is -0.463. The van der Waals surface area contributed by atoms with E-state index in [0.717, 1.165) is 0 Å². The van der Waals surface area contributed by atoms with Crippen molar-refractivity contribution in [2.75, 3.05) is 17.8 Å². The van der Waals surface area contributed by atoms with Crippen molar-refractivity contribution >= 4 is 29.1 Å². The second-order valence-electron chi connectivity index (χ2n) is 5.85. The molecule has 1 aliphatic heterocycles. The lowest BCUT2D eigenvalue weighted by molar-refractivity contribution is -0.0501. The molecule has 0 spiro atoms. The molecule has 27 heavy (non-hydrogen) atoms. The summed E-state index contributed by atoms with van der Waals surface area (Å²) in [7, 11) is 0. The van der Waals surface area contributed by atoms with Crippen LogP contribution in [0.1, 0.15) is 12.0 Å². The molecule has 1 saturated heterocycles. The highest BCUT2D eigenvalue weighted by Crippen LogP contribution is 2.35. The third kappa shape index (κ3) is 3.00. The van der Waals surface area contributed by atoms with Crippen LogP contribution in [-0.2, 0) is 4.74 Å². The molecule has 0 aliphatic carbocycles. The summed E-state index contributed by atoms with van der Waals surface area (Å²) in [5.41, 5.74) is 9.11. The van der Waals surface area contributed by atoms with Gasteiger partial charge in [0.15, 0.2) is 23.2 Å². The Bertz CT molecular complexity index is 957. The number of hydrogen-bond acceptors (Lipinski definition) is 11. The Morgan fingerprint density at radius 1 is 1.33 bits per heavy atom. The van der Waals surface area contributed by atoms with Gasteiger partial charge in [0, 0.05) is 0 Å². The minimum atomic E-state index is -1.33. The highest BCUT2D eigenvalue weighted by molar-refractivity contribution is 5.84. The quantitative estimate of drug-likeness (QED) is 0.276. The average Bonchev–Trinajstić information content (AvgIpc) is 3.36. The maximum Gasteiger partial charge on any atom is 0.228 e. The zero-order valence-corrected chi connectivity index (χ0v) is 13.9. The summed E-state index contributed by atoms with van der Waals surface area (Å²) < 4.78 is 12.1. The van der Waals surface area contributed by atoms with Gasteiger partial charge in [0.1, 0.15) is 30.4 Å². The molecule has 6 N–H and O–H groups in total. The van der Waals surface area contributed by atoms with E-state index < -0.39 is 31.1 Å². The number of furan rings is 1. The van der Waals surface area contributed by atoms with Crippen LogP contribution in [0, 0.1) is 0 Å². The SMILES string of the molecule is Nc1ncnc2c1nc(NN=Cc1ccco1)n2[C@H]1O[C@@H](CO)[C@@H](O)[C@@H]1O. The number of nitrogen functional groups attached to an aromatic ring is 1. The summed E-state index contributed by atoms with van der Waals surface area (Å²) in [6.45, 7) is -0.460. The van der Waals surface area contributed by atoms with Crippen LogP contribution in [0.4, 0.5) is 11.8 Å². The molecule has 1 aliphatic rings. The van der Waals surface area contributed by atoms with Gasteiger partial charge < -0.3 is 30.2 Å². The Hall–Kier alpha value is -3.06. The fraction of sp³-hybridized carbons (Fsp3) is 0.333. The van der Waals surface area contributed by atoms with Crippen molar-refractivity contribution in [1.82, 2.24) is 19.5 Å². The Balaban J connectivity index is 1.74. The van der Waals surface area contributed by atoms with Gasteiger partial charge in [-0.15, -0.1) is 0 Å². The fourth-order valence-electron chi connectivity index (χ4n) is 2.86. The van der Waals surface area contributed by atoms with Gasteiger partial charge in [-0.2, -0.15) is 5.10 Å². The van der Waals surface area contributed by atoms with E-state index >= 15 is 0 Å². The molecule has 0 radical (unpaired) electrons. The molecule has 0 unspecified atom stereocenters. The lowest BCUT2D eigenvalue weighted by Gasteiger charge is -2.18. The first-order valence-corrected chi connectivity index (χ1v) is 8.03. The number of aliphatic hydroxyl groups is 3. The van der Waals surface area contributed by atoms with Gasteiger partial charge in [-0.3, -0.25) is 4.57 Å². The molecule has 0 aromatic carbocycles. The van der Waals surface area contributed by atoms with Gasteiger partial charge in [-0.1, -0.05) is 0 Å². The zero-order chi connectivity index (χ0) is 19.0. The van der Waals surface area contributed by atoms with Gasteiger partial charge in [-0.25, -0.2) is 20.4 Å². The van der Waals surface area contributed by atoms with Crippen molar-refractivity contribution in [3.63, 3.8) is 0 Å². The Morgan fingerprint density at radius 2 is 2.19 bits per heavy atom. The van der Waals surface area contributed by atoms with E-state index in [4.69, 9.17) is 14.9 Å². The normalized spacial score (nSPS) is 25.6. The van der Waals surface area contributed by atoms with E-state index in [1.54, 1.807) is 12.1 Å². The van der Waals surface area contributed by atoms with Crippen LogP contribution in [0.25, 0.3) is 11.2 Å². The topological polar surface area (TPSA) is 177 Å². The first-order chi connectivity index (χ1) is 13.1. The lowest BCUT2D eigenvalue weighted by Crippen LogP contribution is -2.33. The van der Waals surface area contributed by atoms with Crippen LogP contribution >= 0.6 is 0 Å². The van der Waals surface area contributed by atoms with Crippen LogP contribution in [0.5, 0.6) is 0 Å². The summed E-state index contributed by atoms with van der Waals surface area (Å²) in [5.74, 6) is 0.788. The Morgan fingerprint density at radius 3 is 2.89 bits per heavy atom. The minimum Gasteiger partial charge on any atom is -0.463 e. The van der Waals surface area contributed by atoms with Crippen molar-refractivity contribution < 1.29 is 24.5 Å². The number of imidazole rings is 1. The molecule has 4 heterocycles. The summed E-state index contributed by atoms with van der Waals surface area (Å²) in [4.78, 5) is 12.3. The molecule has 4 rings (SSSR count). The maximum absolute atomic E-state index is 10.4. The van der Waals surface area contributed by atoms with Crippen LogP contribution in [-0.4, -0.2) is 66.0 Å². The number of hydrazone groups is 1. The zero-order valence-electron chi connectivity index (χ0n) is 13.9. The molecular weight excluding hydrogens is 358 g/mol. The second kappa shape index (κ2) is 6.92. The van der Waals surface area contributed by atoms with E-state index in [1.807, 2.05) is 0 Å². The third-order valence-electron chi connectivity index (χ3n) is 4.18. The molecule has 12 nitrogen and oxygen atoms in total. The van der Waals surface area contributed by atoms with Gasteiger partial charge in [0.2, 0.25) is 5.95 Å². The number of hydrogen-bond donors (Lipinski definition) is 5. The smallest absolute Gasteiger partial charge is 0.228 e. The summed E-state index contributed by atoms with van der Waals surface area (Å²) >= 11 is 0. The number of nitrogens with two attached hydrogens (primary N) is 1. The number of aromatic nitrogens is 4. The standard InChI is InChI=1S/C15H17N7O5/c16-12-9-13(18-6-17-12)22(14-11(25)10(24)8(5-23)27-14)15(20-9)21-19-4-7-2-1-3-26-7/h1-4,6,8,10-11,14,23-25H,5H2,(H,20,21)(H2,16,17,18)/t8-,10+,11-,14-/m0/s1. The van der Waals surface area contributed by atoms with Gasteiger partial charge in [0.25, 0.3) is 0 Å². The molecule has 0 amide bonds. The largest absolute Gasteiger partial charge is 0.463 e. The molecule has 1 fully saturated rings. The Kier molecular flexibility index (Phi) is 4.45. The number of nitrogens with one attached hydrogen (secondary N) is 1. The van der Waals surface area contributed by atoms with Crippen LogP contribution < -0.4 is 11.2 Å². The van der Waals surface area contributed by atoms with Gasteiger partial charge in [0.05, 0.1) is 19.1 Å². The lowest BCUT2D eigenvalue weighted by atomic mass is 10.1.